The van der Waals surface area contributed by atoms with Gasteiger partial charge in [-0.3, -0.25) is 14.6 Å². The number of aliphatic hydroxyl groups excluding tert-OH is 1. The van der Waals surface area contributed by atoms with Crippen LogP contribution in [0.2, 0.25) is 5.02 Å². The summed E-state index contributed by atoms with van der Waals surface area (Å²) in [5.74, 6) is -0.625. The maximum absolute atomic E-state index is 14.4. The Morgan fingerprint density at radius 1 is 1.21 bits per heavy atom. The number of likely N-dealkylation sites (tertiary alicyclic amines) is 1. The number of aromatic amines is 1. The maximum Gasteiger partial charge on any atom is 0.259 e. The zero-order chi connectivity index (χ0) is 29.5. The normalized spacial score (nSPS) is 17.7. The molecule has 3 aliphatic heterocycles. The summed E-state index contributed by atoms with van der Waals surface area (Å²) in [5.41, 5.74) is 4.88. The van der Waals surface area contributed by atoms with Gasteiger partial charge in [-0.05, 0) is 74.8 Å². The van der Waals surface area contributed by atoms with Crippen LogP contribution in [0.1, 0.15) is 45.5 Å². The van der Waals surface area contributed by atoms with Crippen molar-refractivity contribution in [1.29, 1.82) is 0 Å². The number of piperidine rings is 1. The molecule has 11 heteroatoms. The van der Waals surface area contributed by atoms with Crippen LogP contribution >= 0.6 is 11.6 Å². The van der Waals surface area contributed by atoms with Gasteiger partial charge in [0, 0.05) is 37.3 Å². The summed E-state index contributed by atoms with van der Waals surface area (Å²) in [6, 6.07) is 8.96. The minimum absolute atomic E-state index is 0.0390. The monoisotopic (exact) mass is 593 g/mol. The lowest BCUT2D eigenvalue weighted by atomic mass is 10.00. The van der Waals surface area contributed by atoms with E-state index in [4.69, 9.17) is 21.3 Å². The van der Waals surface area contributed by atoms with E-state index >= 15 is 0 Å². The fraction of sp³-hybridized carbons (Fsp3) is 0.387. The highest BCUT2D eigenvalue weighted by Gasteiger charge is 2.35. The van der Waals surface area contributed by atoms with Crippen LogP contribution in [0.3, 0.4) is 0 Å². The van der Waals surface area contributed by atoms with E-state index in [2.05, 4.69) is 28.3 Å². The average molecular weight is 594 g/mol. The molecule has 4 heterocycles. The first-order chi connectivity index (χ1) is 20.2. The van der Waals surface area contributed by atoms with Gasteiger partial charge in [0.2, 0.25) is 0 Å². The van der Waals surface area contributed by atoms with Crippen molar-refractivity contribution >= 4 is 34.6 Å². The van der Waals surface area contributed by atoms with E-state index in [1.807, 2.05) is 11.0 Å². The van der Waals surface area contributed by atoms with Crippen molar-refractivity contribution in [2.24, 2.45) is 4.99 Å². The van der Waals surface area contributed by atoms with E-state index in [9.17, 15) is 19.1 Å². The van der Waals surface area contributed by atoms with Gasteiger partial charge in [0.05, 0.1) is 27.7 Å². The summed E-state index contributed by atoms with van der Waals surface area (Å²) in [7, 11) is 2.11. The lowest BCUT2D eigenvalue weighted by molar-refractivity contribution is 0.0617. The molecular weight excluding hydrogens is 561 g/mol. The minimum atomic E-state index is -1.02. The number of amides is 1. The lowest BCUT2D eigenvalue weighted by Gasteiger charge is -2.34. The van der Waals surface area contributed by atoms with Gasteiger partial charge in [0.1, 0.15) is 12.7 Å². The van der Waals surface area contributed by atoms with Gasteiger partial charge in [-0.25, -0.2) is 4.39 Å². The van der Waals surface area contributed by atoms with Crippen molar-refractivity contribution < 1.29 is 19.0 Å². The van der Waals surface area contributed by atoms with Gasteiger partial charge in [-0.15, -0.1) is 0 Å². The van der Waals surface area contributed by atoms with Gasteiger partial charge >= 0.3 is 0 Å². The van der Waals surface area contributed by atoms with E-state index in [0.29, 0.717) is 46.7 Å². The molecule has 1 saturated heterocycles. The first kappa shape index (κ1) is 28.4. The lowest BCUT2D eigenvalue weighted by Crippen LogP contribution is -2.43. The molecule has 2 aromatic carbocycles. The van der Waals surface area contributed by atoms with Crippen LogP contribution in [-0.4, -0.2) is 76.9 Å². The SMILES string of the molecule is Cc1ccc(Cl)c(OC[C@H](O)CNc2cc[nH]c(=O)c2C2=Nc3cc4c(cc3C2)CN(C2CCN(C)CC2)C4=O)c1F. The van der Waals surface area contributed by atoms with Gasteiger partial charge < -0.3 is 29.9 Å². The number of carbonyl (C=O) groups is 1. The second kappa shape index (κ2) is 11.5. The number of carbonyl (C=O) groups excluding carboxylic acids is 1. The van der Waals surface area contributed by atoms with Crippen LogP contribution in [0, 0.1) is 12.7 Å². The maximum atomic E-state index is 14.4. The van der Waals surface area contributed by atoms with Gasteiger partial charge in [0.15, 0.2) is 11.6 Å². The van der Waals surface area contributed by atoms with Crippen LogP contribution in [0.4, 0.5) is 15.8 Å². The van der Waals surface area contributed by atoms with E-state index in [0.717, 1.165) is 37.1 Å². The number of H-pyrrole nitrogens is 1. The molecule has 1 amide bonds. The molecule has 0 unspecified atom stereocenters. The van der Waals surface area contributed by atoms with Crippen LogP contribution in [0.5, 0.6) is 5.75 Å². The number of aryl methyl sites for hydroxylation is 1. The number of anilines is 1. The summed E-state index contributed by atoms with van der Waals surface area (Å²) in [4.78, 5) is 38.0. The molecule has 3 aromatic rings. The molecule has 0 saturated carbocycles. The summed E-state index contributed by atoms with van der Waals surface area (Å²) in [6.45, 7) is 4.01. The second-order valence-corrected chi connectivity index (χ2v) is 11.7. The molecule has 9 nitrogen and oxygen atoms in total. The number of aliphatic imine (C=N–C) groups is 1. The number of hydrogen-bond donors (Lipinski definition) is 3. The number of ether oxygens (including phenoxy) is 1. The van der Waals surface area contributed by atoms with E-state index in [-0.39, 0.29) is 41.4 Å². The first-order valence-corrected chi connectivity index (χ1v) is 14.5. The molecule has 0 aliphatic carbocycles. The van der Waals surface area contributed by atoms with Gasteiger partial charge in [-0.1, -0.05) is 23.7 Å². The Kier molecular flexibility index (Phi) is 7.78. The van der Waals surface area contributed by atoms with Crippen LogP contribution in [0.15, 0.2) is 46.3 Å². The standard InChI is InChI=1S/C31H33ClFN5O4/c1-17-3-4-23(32)29(28(17)33)42-16-21(39)14-35-24-5-8-34-30(40)27(24)26-12-18-11-19-15-38(20-6-9-37(2)10-7-20)31(41)22(19)13-25(18)36-26/h3-5,8,11,13,20-21,39H,6-7,9-10,12,14-16H2,1-2H3,(H2,34,35,40)/t21-/m1/s1. The Balaban J connectivity index is 1.15. The number of fused-ring (bicyclic) bond motifs is 2. The topological polar surface area (TPSA) is 110 Å². The van der Waals surface area contributed by atoms with E-state index in [1.54, 1.807) is 25.1 Å². The number of hydrogen-bond acceptors (Lipinski definition) is 7. The number of benzene rings is 2. The smallest absolute Gasteiger partial charge is 0.259 e. The first-order valence-electron chi connectivity index (χ1n) is 14.1. The highest BCUT2D eigenvalue weighted by Crippen LogP contribution is 2.37. The zero-order valence-corrected chi connectivity index (χ0v) is 24.3. The van der Waals surface area contributed by atoms with Crippen molar-refractivity contribution in [2.45, 2.75) is 44.9 Å². The van der Waals surface area contributed by atoms with Crippen LogP contribution in [0.25, 0.3) is 0 Å². The molecule has 1 fully saturated rings. The number of nitrogens with one attached hydrogen (secondary N) is 2. The Bertz CT molecular complexity index is 1630. The quantitative estimate of drug-likeness (QED) is 0.363. The molecule has 42 heavy (non-hydrogen) atoms. The van der Waals surface area contributed by atoms with Crippen LogP contribution < -0.4 is 15.6 Å². The predicted molar refractivity (Wildman–Crippen MR) is 160 cm³/mol. The number of aliphatic hydroxyl groups is 1. The largest absolute Gasteiger partial charge is 0.486 e. The summed E-state index contributed by atoms with van der Waals surface area (Å²) in [6.07, 6.45) is 2.90. The summed E-state index contributed by atoms with van der Waals surface area (Å²) >= 11 is 6.06. The summed E-state index contributed by atoms with van der Waals surface area (Å²) < 4.78 is 19.9. The molecule has 1 atom stereocenters. The molecule has 0 bridgehead atoms. The molecule has 3 aliphatic rings. The van der Waals surface area contributed by atoms with E-state index in [1.165, 1.54) is 6.20 Å². The highest BCUT2D eigenvalue weighted by molar-refractivity contribution is 6.32. The van der Waals surface area contributed by atoms with E-state index < -0.39 is 11.9 Å². The number of rotatable bonds is 8. The molecule has 1 aromatic heterocycles. The van der Waals surface area contributed by atoms with Crippen molar-refractivity contribution in [2.75, 3.05) is 38.6 Å². The third-order valence-electron chi connectivity index (χ3n) is 8.32. The number of pyridine rings is 1. The second-order valence-electron chi connectivity index (χ2n) is 11.3. The molecular formula is C31H33ClFN5O4. The number of halogens is 2. The average Bonchev–Trinajstić information content (AvgIpc) is 3.53. The Morgan fingerprint density at radius 2 is 2.00 bits per heavy atom. The Labute approximate surface area is 248 Å². The van der Waals surface area contributed by atoms with Gasteiger partial charge in [0.25, 0.3) is 11.5 Å². The third kappa shape index (κ3) is 5.42. The van der Waals surface area contributed by atoms with Crippen molar-refractivity contribution in [3.63, 3.8) is 0 Å². The number of nitrogens with zero attached hydrogens (tertiary/aromatic N) is 3. The van der Waals surface area contributed by atoms with Crippen LogP contribution in [-0.2, 0) is 13.0 Å². The Hall–Kier alpha value is -3.73. The zero-order valence-electron chi connectivity index (χ0n) is 23.5. The van der Waals surface area contributed by atoms with Gasteiger partial charge in [-0.2, -0.15) is 0 Å². The fourth-order valence-electron chi connectivity index (χ4n) is 5.92. The van der Waals surface area contributed by atoms with Crippen molar-refractivity contribution in [3.8, 4) is 5.75 Å². The molecule has 0 radical (unpaired) electrons. The third-order valence-corrected chi connectivity index (χ3v) is 8.62. The molecule has 220 valence electrons. The fourth-order valence-corrected chi connectivity index (χ4v) is 6.12. The highest BCUT2D eigenvalue weighted by atomic mass is 35.5. The van der Waals surface area contributed by atoms with Crippen molar-refractivity contribution in [3.05, 3.63) is 85.5 Å². The Morgan fingerprint density at radius 3 is 2.79 bits per heavy atom. The number of aromatic nitrogens is 1. The molecule has 6 rings (SSSR count). The summed E-state index contributed by atoms with van der Waals surface area (Å²) in [5, 5.41) is 13.8. The molecule has 0 spiro atoms. The predicted octanol–water partition coefficient (Wildman–Crippen LogP) is 4.05. The minimum Gasteiger partial charge on any atom is -0.486 e. The van der Waals surface area contributed by atoms with Crippen molar-refractivity contribution in [1.82, 2.24) is 14.8 Å². The molecule has 3 N–H and O–H groups in total.